The molecule has 0 saturated carbocycles. The lowest BCUT2D eigenvalue weighted by Crippen LogP contribution is -2.31. The van der Waals surface area contributed by atoms with E-state index in [-0.39, 0.29) is 17.8 Å². The van der Waals surface area contributed by atoms with Crippen molar-refractivity contribution in [2.45, 2.75) is 39.0 Å². The van der Waals surface area contributed by atoms with Crippen LogP contribution in [0.4, 0.5) is 5.82 Å². The molecule has 3 aromatic rings. The average Bonchev–Trinajstić information content (AvgIpc) is 3.25. The largest absolute Gasteiger partial charge is 0.373 e. The van der Waals surface area contributed by atoms with Gasteiger partial charge in [0.1, 0.15) is 5.82 Å². The Balaban J connectivity index is 0.000000917. The molecular weight excluding hydrogens is 440 g/mol. The first kappa shape index (κ1) is 24.5. The first-order valence-electron chi connectivity index (χ1n) is 12.2. The summed E-state index contributed by atoms with van der Waals surface area (Å²) in [6, 6.07) is 15.8. The molecule has 0 radical (unpaired) electrons. The minimum Gasteiger partial charge on any atom is -0.369 e. The van der Waals surface area contributed by atoms with Crippen LogP contribution in [0.3, 0.4) is 0 Å². The topological polar surface area (TPSA) is 92.3 Å². The van der Waals surface area contributed by atoms with Crippen molar-refractivity contribution in [3.8, 4) is 11.1 Å². The number of likely N-dealkylation sites (tertiary alicyclic amines) is 1. The molecule has 1 saturated heterocycles. The number of aryl methyl sites for hydroxylation is 1. The van der Waals surface area contributed by atoms with E-state index in [2.05, 4.69) is 35.3 Å². The van der Waals surface area contributed by atoms with Crippen molar-refractivity contribution in [1.82, 2.24) is 14.9 Å². The fourth-order valence-electron chi connectivity index (χ4n) is 4.85. The van der Waals surface area contributed by atoms with E-state index in [1.165, 1.54) is 49.0 Å². The van der Waals surface area contributed by atoms with E-state index in [4.69, 9.17) is 19.6 Å². The maximum absolute atomic E-state index is 13.1. The van der Waals surface area contributed by atoms with Gasteiger partial charge in [0.25, 0.3) is 0 Å². The number of hydrogen-bond acceptors (Lipinski definition) is 7. The molecule has 0 atom stereocenters. The third-order valence-corrected chi connectivity index (χ3v) is 6.50. The number of carbonyl (C=O) groups excluding carboxylic acids is 3. The summed E-state index contributed by atoms with van der Waals surface area (Å²) >= 11 is 0. The van der Waals surface area contributed by atoms with E-state index in [0.717, 1.165) is 43.0 Å². The lowest BCUT2D eigenvalue weighted by molar-refractivity contribution is -0.191. The van der Waals surface area contributed by atoms with Crippen LogP contribution in [0.2, 0.25) is 0 Å². The molecule has 2 heterocycles. The molecule has 1 N–H and O–H groups in total. The van der Waals surface area contributed by atoms with Crippen LogP contribution in [0.1, 0.15) is 58.7 Å². The first-order valence-corrected chi connectivity index (χ1v) is 12.2. The van der Waals surface area contributed by atoms with E-state index in [9.17, 15) is 4.79 Å². The highest BCUT2D eigenvalue weighted by Gasteiger charge is 2.27. The number of ketones is 1. The second kappa shape index (κ2) is 11.6. The monoisotopic (exact) mass is 470 g/mol. The summed E-state index contributed by atoms with van der Waals surface area (Å²) in [5.41, 5.74) is 6.30. The number of aromatic nitrogens is 2. The highest BCUT2D eigenvalue weighted by atomic mass is 16.2. The number of benzene rings is 2. The molecule has 7 nitrogen and oxygen atoms in total. The van der Waals surface area contributed by atoms with Crippen molar-refractivity contribution in [2.75, 3.05) is 31.5 Å². The Morgan fingerprint density at radius 1 is 1.03 bits per heavy atom. The number of carbonyl (C=O) groups is 1. The summed E-state index contributed by atoms with van der Waals surface area (Å²) in [6.07, 6.45) is 6.04. The Morgan fingerprint density at radius 2 is 1.77 bits per heavy atom. The molecule has 5 rings (SSSR count). The van der Waals surface area contributed by atoms with E-state index >= 15 is 0 Å². The maximum Gasteiger partial charge on any atom is 0.373 e. The van der Waals surface area contributed by atoms with E-state index < -0.39 is 0 Å². The Kier molecular flexibility index (Phi) is 8.14. The van der Waals surface area contributed by atoms with Crippen molar-refractivity contribution in [2.24, 2.45) is 0 Å². The van der Waals surface area contributed by atoms with Crippen LogP contribution in [0.25, 0.3) is 11.1 Å². The summed E-state index contributed by atoms with van der Waals surface area (Å²) in [5, 5.41) is 3.56. The third-order valence-electron chi connectivity index (χ3n) is 6.50. The zero-order valence-corrected chi connectivity index (χ0v) is 20.0. The predicted molar refractivity (Wildman–Crippen MR) is 133 cm³/mol. The molecule has 35 heavy (non-hydrogen) atoms. The van der Waals surface area contributed by atoms with Gasteiger partial charge in [-0.25, -0.2) is 9.97 Å². The van der Waals surface area contributed by atoms with Crippen molar-refractivity contribution in [3.05, 3.63) is 76.7 Å². The highest BCUT2D eigenvalue weighted by molar-refractivity contribution is 6.07. The SMILES string of the molecule is Cc1ccc2c(c1)Cc1nc(C(=O)c3ccccc3)nc(NCCCN3CCCCC3)c1-2.O=C=O. The van der Waals surface area contributed by atoms with Crippen LogP contribution >= 0.6 is 0 Å². The van der Waals surface area contributed by atoms with Gasteiger partial charge in [0.15, 0.2) is 0 Å². The molecule has 180 valence electrons. The summed E-state index contributed by atoms with van der Waals surface area (Å²) in [5.74, 6) is 0.936. The Morgan fingerprint density at radius 3 is 2.51 bits per heavy atom. The zero-order chi connectivity index (χ0) is 24.6. The van der Waals surface area contributed by atoms with Gasteiger partial charge in [-0.1, -0.05) is 60.5 Å². The summed E-state index contributed by atoms with van der Waals surface area (Å²) < 4.78 is 0. The van der Waals surface area contributed by atoms with Gasteiger partial charge in [-0.2, -0.15) is 9.59 Å². The molecular formula is C28H30N4O3. The number of fused-ring (bicyclic) bond motifs is 3. The van der Waals surface area contributed by atoms with Crippen LogP contribution in [-0.4, -0.2) is 53.0 Å². The van der Waals surface area contributed by atoms with Crippen LogP contribution < -0.4 is 5.32 Å². The standard InChI is InChI=1S/C27H30N4O.CO2/c1-19-11-12-22-21(17-19)18-23-24(22)26(28-13-8-16-31-14-6-3-7-15-31)30-27(29-23)25(32)20-9-4-2-5-10-20;2-1-3/h2,4-5,9-12,17H,3,6-8,13-16,18H2,1H3,(H,28,29,30);. The highest BCUT2D eigenvalue weighted by Crippen LogP contribution is 2.40. The number of hydrogen-bond donors (Lipinski definition) is 1. The van der Waals surface area contributed by atoms with Crippen molar-refractivity contribution in [1.29, 1.82) is 0 Å². The van der Waals surface area contributed by atoms with E-state index in [0.29, 0.717) is 5.56 Å². The Hall–Kier alpha value is -3.67. The van der Waals surface area contributed by atoms with Gasteiger partial charge < -0.3 is 10.2 Å². The molecule has 0 spiro atoms. The summed E-state index contributed by atoms with van der Waals surface area (Å²) in [6.45, 7) is 6.47. The predicted octanol–water partition coefficient (Wildman–Crippen LogP) is 4.29. The fourth-order valence-corrected chi connectivity index (χ4v) is 4.85. The first-order chi connectivity index (χ1) is 17.1. The second-order valence-corrected chi connectivity index (χ2v) is 9.02. The number of anilines is 1. The summed E-state index contributed by atoms with van der Waals surface area (Å²) in [4.78, 5) is 41.4. The number of nitrogens with one attached hydrogen (secondary N) is 1. The molecule has 1 aromatic heterocycles. The van der Waals surface area contributed by atoms with E-state index in [1.807, 2.05) is 30.3 Å². The van der Waals surface area contributed by atoms with Gasteiger partial charge in [0, 0.05) is 24.1 Å². The van der Waals surface area contributed by atoms with Gasteiger partial charge in [-0.05, 0) is 56.9 Å². The molecule has 0 amide bonds. The molecule has 0 bridgehead atoms. The Labute approximate surface area is 205 Å². The lowest BCUT2D eigenvalue weighted by atomic mass is 10.0. The van der Waals surface area contributed by atoms with E-state index in [1.54, 1.807) is 0 Å². The third kappa shape index (κ3) is 5.88. The van der Waals surface area contributed by atoms with Crippen LogP contribution in [0, 0.1) is 6.92 Å². The van der Waals surface area contributed by atoms with Crippen LogP contribution in [-0.2, 0) is 16.0 Å². The number of piperidine rings is 1. The molecule has 1 aliphatic heterocycles. The van der Waals surface area contributed by atoms with Crippen molar-refractivity contribution in [3.63, 3.8) is 0 Å². The summed E-state index contributed by atoms with van der Waals surface area (Å²) in [7, 11) is 0. The lowest BCUT2D eigenvalue weighted by Gasteiger charge is -2.26. The van der Waals surface area contributed by atoms with Crippen molar-refractivity contribution >= 4 is 17.8 Å². The second-order valence-electron chi connectivity index (χ2n) is 9.02. The quantitative estimate of drug-likeness (QED) is 0.318. The smallest absolute Gasteiger partial charge is 0.369 e. The van der Waals surface area contributed by atoms with Crippen LogP contribution in [0.5, 0.6) is 0 Å². The molecule has 2 aromatic carbocycles. The van der Waals surface area contributed by atoms with Gasteiger partial charge in [-0.3, -0.25) is 4.79 Å². The van der Waals surface area contributed by atoms with Gasteiger partial charge in [0.2, 0.25) is 11.6 Å². The minimum atomic E-state index is -0.128. The van der Waals surface area contributed by atoms with Crippen molar-refractivity contribution < 1.29 is 14.4 Å². The minimum absolute atomic E-state index is 0.128. The van der Waals surface area contributed by atoms with Crippen LogP contribution in [0.15, 0.2) is 48.5 Å². The Bertz CT molecular complexity index is 1210. The maximum atomic E-state index is 13.1. The van der Waals surface area contributed by atoms with Gasteiger partial charge in [-0.15, -0.1) is 0 Å². The molecule has 1 fully saturated rings. The fraction of sp³-hybridized carbons (Fsp3) is 0.357. The molecule has 1 aliphatic carbocycles. The zero-order valence-electron chi connectivity index (χ0n) is 20.0. The molecule has 2 aliphatic rings. The van der Waals surface area contributed by atoms with Gasteiger partial charge >= 0.3 is 6.15 Å². The molecule has 7 heteroatoms. The number of rotatable bonds is 7. The average molecular weight is 471 g/mol. The number of nitrogens with zero attached hydrogens (tertiary/aromatic N) is 3. The molecule has 0 unspecified atom stereocenters. The van der Waals surface area contributed by atoms with Gasteiger partial charge in [0.05, 0.1) is 5.69 Å². The normalized spacial score (nSPS) is 14.2.